The Kier molecular flexibility index (Phi) is 5.09. The minimum atomic E-state index is -0.383. The maximum atomic E-state index is 11.9. The van der Waals surface area contributed by atoms with Crippen LogP contribution in [0.2, 0.25) is 0 Å². The van der Waals surface area contributed by atoms with Crippen LogP contribution in [0.5, 0.6) is 5.75 Å². The van der Waals surface area contributed by atoms with Gasteiger partial charge in [-0.3, -0.25) is 9.59 Å². The molecule has 0 spiro atoms. The number of carbonyl (C=O) groups excluding carboxylic acids is 1. The molecule has 0 aliphatic rings. The van der Waals surface area contributed by atoms with E-state index >= 15 is 0 Å². The van der Waals surface area contributed by atoms with Crippen LogP contribution in [0.25, 0.3) is 0 Å². The predicted molar refractivity (Wildman–Crippen MR) is 79.7 cm³/mol. The second kappa shape index (κ2) is 7.23. The zero-order chi connectivity index (χ0) is 15.1. The van der Waals surface area contributed by atoms with Crippen LogP contribution in [0.3, 0.4) is 0 Å². The number of unbranched alkanes of at least 4 members (excludes halogenated alkanes) is 1. The van der Waals surface area contributed by atoms with E-state index < -0.39 is 0 Å². The van der Waals surface area contributed by atoms with Gasteiger partial charge in [0.1, 0.15) is 11.4 Å². The average molecular weight is 287 g/mol. The third-order valence-electron chi connectivity index (χ3n) is 2.79. The molecule has 2 rings (SSSR count). The van der Waals surface area contributed by atoms with Gasteiger partial charge in [-0.2, -0.15) is 5.10 Å². The third-order valence-corrected chi connectivity index (χ3v) is 2.79. The number of hydrogen-bond acceptors (Lipinski definition) is 4. The van der Waals surface area contributed by atoms with E-state index in [1.165, 1.54) is 12.1 Å². The number of hydrogen-bond donors (Lipinski definition) is 2. The number of rotatable bonds is 6. The molecule has 0 radical (unpaired) electrons. The summed E-state index contributed by atoms with van der Waals surface area (Å²) in [6.07, 6.45) is 2.09. The van der Waals surface area contributed by atoms with Gasteiger partial charge >= 0.3 is 0 Å². The van der Waals surface area contributed by atoms with Crippen LogP contribution >= 0.6 is 0 Å². The quantitative estimate of drug-likeness (QED) is 0.798. The molecule has 0 bridgehead atoms. The summed E-state index contributed by atoms with van der Waals surface area (Å²) in [5.74, 6) is 0.384. The summed E-state index contributed by atoms with van der Waals surface area (Å²) in [6, 6.07) is 9.73. The van der Waals surface area contributed by atoms with Gasteiger partial charge in [-0.1, -0.05) is 13.3 Å². The van der Waals surface area contributed by atoms with Gasteiger partial charge in [0.05, 0.1) is 6.61 Å². The van der Waals surface area contributed by atoms with Crippen molar-refractivity contribution < 1.29 is 9.53 Å². The molecule has 21 heavy (non-hydrogen) atoms. The topological polar surface area (TPSA) is 84.1 Å². The molecule has 1 heterocycles. The first-order valence-corrected chi connectivity index (χ1v) is 6.79. The number of aromatic amines is 1. The SMILES string of the molecule is CCCCOc1ccc(NC(=O)c2ccc(=O)[nH]n2)cc1. The van der Waals surface area contributed by atoms with E-state index in [1.807, 2.05) is 0 Å². The lowest BCUT2D eigenvalue weighted by Gasteiger charge is -2.07. The molecule has 1 aromatic heterocycles. The molecule has 2 N–H and O–H groups in total. The van der Waals surface area contributed by atoms with Crippen molar-refractivity contribution in [3.63, 3.8) is 0 Å². The molecular formula is C15H17N3O3. The maximum absolute atomic E-state index is 11.9. The molecule has 1 amide bonds. The Balaban J connectivity index is 1.95. The fourth-order valence-corrected chi connectivity index (χ4v) is 1.63. The first-order valence-electron chi connectivity index (χ1n) is 6.79. The van der Waals surface area contributed by atoms with Crippen LogP contribution in [0.4, 0.5) is 5.69 Å². The second-order valence-corrected chi connectivity index (χ2v) is 4.49. The number of amides is 1. The Labute approximate surface area is 122 Å². The molecule has 0 fully saturated rings. The molecule has 6 heteroatoms. The third kappa shape index (κ3) is 4.45. The van der Waals surface area contributed by atoms with E-state index in [0.29, 0.717) is 12.3 Å². The Morgan fingerprint density at radius 3 is 2.62 bits per heavy atom. The van der Waals surface area contributed by atoms with Gasteiger partial charge in [0.2, 0.25) is 0 Å². The van der Waals surface area contributed by atoms with Gasteiger partial charge < -0.3 is 10.1 Å². The average Bonchev–Trinajstić information content (AvgIpc) is 2.50. The van der Waals surface area contributed by atoms with Crippen LogP contribution in [0.1, 0.15) is 30.3 Å². The van der Waals surface area contributed by atoms with E-state index in [2.05, 4.69) is 22.4 Å². The lowest BCUT2D eigenvalue weighted by molar-refractivity contribution is 0.102. The van der Waals surface area contributed by atoms with E-state index in [0.717, 1.165) is 18.6 Å². The minimum Gasteiger partial charge on any atom is -0.494 e. The Morgan fingerprint density at radius 2 is 2.00 bits per heavy atom. The summed E-state index contributed by atoms with van der Waals surface area (Å²) < 4.78 is 5.54. The Hall–Kier alpha value is -2.63. The zero-order valence-electron chi connectivity index (χ0n) is 11.8. The molecule has 0 unspecified atom stereocenters. The van der Waals surface area contributed by atoms with Crippen molar-refractivity contribution >= 4 is 11.6 Å². The van der Waals surface area contributed by atoms with E-state index in [4.69, 9.17) is 4.74 Å². The summed E-state index contributed by atoms with van der Waals surface area (Å²) in [4.78, 5) is 22.8. The smallest absolute Gasteiger partial charge is 0.276 e. The first kappa shape index (κ1) is 14.8. The molecule has 0 aliphatic carbocycles. The normalized spacial score (nSPS) is 10.1. The lowest BCUT2D eigenvalue weighted by atomic mass is 10.3. The number of H-pyrrole nitrogens is 1. The van der Waals surface area contributed by atoms with Crippen molar-refractivity contribution in [1.29, 1.82) is 0 Å². The summed E-state index contributed by atoms with van der Waals surface area (Å²) >= 11 is 0. The molecule has 110 valence electrons. The van der Waals surface area contributed by atoms with Crippen molar-refractivity contribution in [2.45, 2.75) is 19.8 Å². The van der Waals surface area contributed by atoms with Gasteiger partial charge in [0, 0.05) is 11.8 Å². The van der Waals surface area contributed by atoms with Crippen LogP contribution < -0.4 is 15.6 Å². The Bertz CT molecular complexity index is 629. The molecule has 0 saturated heterocycles. The van der Waals surface area contributed by atoms with Gasteiger partial charge in [0.15, 0.2) is 0 Å². The fourth-order valence-electron chi connectivity index (χ4n) is 1.63. The van der Waals surface area contributed by atoms with Crippen molar-refractivity contribution in [3.8, 4) is 5.75 Å². The van der Waals surface area contributed by atoms with Gasteiger partial charge in [-0.25, -0.2) is 5.10 Å². The number of aromatic nitrogens is 2. The highest BCUT2D eigenvalue weighted by atomic mass is 16.5. The van der Waals surface area contributed by atoms with Crippen LogP contribution in [-0.4, -0.2) is 22.7 Å². The molecular weight excluding hydrogens is 270 g/mol. The van der Waals surface area contributed by atoms with E-state index in [9.17, 15) is 9.59 Å². The van der Waals surface area contributed by atoms with Crippen molar-refractivity contribution in [2.75, 3.05) is 11.9 Å². The minimum absolute atomic E-state index is 0.151. The highest BCUT2D eigenvalue weighted by Gasteiger charge is 2.07. The zero-order valence-corrected chi connectivity index (χ0v) is 11.8. The molecule has 0 saturated carbocycles. The van der Waals surface area contributed by atoms with E-state index in [1.54, 1.807) is 24.3 Å². The van der Waals surface area contributed by atoms with Crippen LogP contribution in [-0.2, 0) is 0 Å². The van der Waals surface area contributed by atoms with Crippen LogP contribution in [0, 0.1) is 0 Å². The lowest BCUT2D eigenvalue weighted by Crippen LogP contribution is -2.17. The largest absolute Gasteiger partial charge is 0.494 e. The second-order valence-electron chi connectivity index (χ2n) is 4.49. The molecule has 0 atom stereocenters. The maximum Gasteiger partial charge on any atom is 0.276 e. The fraction of sp³-hybridized carbons (Fsp3) is 0.267. The van der Waals surface area contributed by atoms with Crippen molar-refractivity contribution in [3.05, 3.63) is 52.4 Å². The summed E-state index contributed by atoms with van der Waals surface area (Å²) in [5, 5.41) is 8.58. The van der Waals surface area contributed by atoms with Gasteiger partial charge in [-0.15, -0.1) is 0 Å². The molecule has 0 aliphatic heterocycles. The van der Waals surface area contributed by atoms with Gasteiger partial charge in [0.25, 0.3) is 11.5 Å². The number of anilines is 1. The number of nitrogens with one attached hydrogen (secondary N) is 2. The predicted octanol–water partition coefficient (Wildman–Crippen LogP) is 2.20. The van der Waals surface area contributed by atoms with Crippen LogP contribution in [0.15, 0.2) is 41.2 Å². The number of nitrogens with zero attached hydrogens (tertiary/aromatic N) is 1. The molecule has 2 aromatic rings. The molecule has 1 aromatic carbocycles. The highest BCUT2D eigenvalue weighted by Crippen LogP contribution is 2.16. The highest BCUT2D eigenvalue weighted by molar-refractivity contribution is 6.02. The van der Waals surface area contributed by atoms with Crippen molar-refractivity contribution in [1.82, 2.24) is 10.2 Å². The Morgan fingerprint density at radius 1 is 1.24 bits per heavy atom. The standard InChI is InChI=1S/C15H17N3O3/c1-2-3-10-21-12-6-4-11(5-7-12)16-15(20)13-8-9-14(19)18-17-13/h4-9H,2-3,10H2,1H3,(H,16,20)(H,18,19). The number of carbonyl (C=O) groups is 1. The summed E-state index contributed by atoms with van der Waals surface area (Å²) in [5.41, 5.74) is 0.439. The molecule has 6 nitrogen and oxygen atoms in total. The number of ether oxygens (including phenoxy) is 1. The summed E-state index contributed by atoms with van der Waals surface area (Å²) in [6.45, 7) is 2.79. The van der Waals surface area contributed by atoms with E-state index in [-0.39, 0.29) is 17.2 Å². The number of benzene rings is 1. The monoisotopic (exact) mass is 287 g/mol. The van der Waals surface area contributed by atoms with Gasteiger partial charge in [-0.05, 0) is 36.8 Å². The van der Waals surface area contributed by atoms with Crippen molar-refractivity contribution in [2.24, 2.45) is 0 Å². The first-order chi connectivity index (χ1) is 10.2. The summed E-state index contributed by atoms with van der Waals surface area (Å²) in [7, 11) is 0.